The van der Waals surface area contributed by atoms with Crippen LogP contribution in [0.1, 0.15) is 24.9 Å². The molecule has 2 N–H and O–H groups in total. The zero-order valence-electron chi connectivity index (χ0n) is 10.9. The van der Waals surface area contributed by atoms with Gasteiger partial charge in [-0.1, -0.05) is 37.3 Å². The summed E-state index contributed by atoms with van der Waals surface area (Å²) in [5.41, 5.74) is 0.868. The Kier molecular flexibility index (Phi) is 4.52. The molecular formula is C14H18N2O3. The molecule has 1 saturated heterocycles. The third kappa shape index (κ3) is 3.32. The second-order valence-electron chi connectivity index (χ2n) is 4.48. The van der Waals surface area contributed by atoms with E-state index in [2.05, 4.69) is 10.6 Å². The molecule has 5 nitrogen and oxygen atoms in total. The van der Waals surface area contributed by atoms with E-state index in [1.165, 1.54) is 0 Å². The lowest BCUT2D eigenvalue weighted by Gasteiger charge is -2.31. The number of ether oxygens (including phenoxy) is 1. The van der Waals surface area contributed by atoms with Crippen molar-refractivity contribution in [3.05, 3.63) is 35.9 Å². The monoisotopic (exact) mass is 262 g/mol. The number of nitrogens with one attached hydrogen (secondary N) is 2. The van der Waals surface area contributed by atoms with Gasteiger partial charge in [-0.2, -0.15) is 0 Å². The van der Waals surface area contributed by atoms with Crippen LogP contribution in [0.3, 0.4) is 0 Å². The number of hydrogen-bond acceptors (Lipinski definition) is 3. The number of carbonyl (C=O) groups excluding carboxylic acids is 2. The van der Waals surface area contributed by atoms with Crippen LogP contribution in [0.25, 0.3) is 0 Å². The van der Waals surface area contributed by atoms with Crippen molar-refractivity contribution in [1.29, 1.82) is 0 Å². The highest BCUT2D eigenvalue weighted by Gasteiger charge is 2.35. The van der Waals surface area contributed by atoms with E-state index in [0.29, 0.717) is 6.54 Å². The van der Waals surface area contributed by atoms with E-state index in [-0.39, 0.29) is 18.4 Å². The molecule has 19 heavy (non-hydrogen) atoms. The molecule has 2 rings (SSSR count). The SMILES string of the molecule is CCCNC(=O)[C@H]1OCC(=O)N[C@@H]1c1ccccc1. The summed E-state index contributed by atoms with van der Waals surface area (Å²) in [6.07, 6.45) is 0.188. The highest BCUT2D eigenvalue weighted by Crippen LogP contribution is 2.22. The first kappa shape index (κ1) is 13.5. The van der Waals surface area contributed by atoms with Crippen LogP contribution in [0.15, 0.2) is 30.3 Å². The molecule has 0 aliphatic carbocycles. The molecular weight excluding hydrogens is 244 g/mol. The van der Waals surface area contributed by atoms with Crippen LogP contribution in [-0.2, 0) is 14.3 Å². The Morgan fingerprint density at radius 1 is 1.42 bits per heavy atom. The molecule has 5 heteroatoms. The molecule has 102 valence electrons. The molecule has 0 spiro atoms. The van der Waals surface area contributed by atoms with Crippen molar-refractivity contribution in [2.45, 2.75) is 25.5 Å². The van der Waals surface area contributed by atoms with E-state index in [0.717, 1.165) is 12.0 Å². The number of carbonyl (C=O) groups is 2. The van der Waals surface area contributed by atoms with Crippen molar-refractivity contribution < 1.29 is 14.3 Å². The van der Waals surface area contributed by atoms with Crippen molar-refractivity contribution in [3.63, 3.8) is 0 Å². The predicted octanol–water partition coefficient (Wildman–Crippen LogP) is 0.769. The van der Waals surface area contributed by atoms with E-state index < -0.39 is 12.1 Å². The summed E-state index contributed by atoms with van der Waals surface area (Å²) in [4.78, 5) is 23.5. The van der Waals surface area contributed by atoms with Gasteiger partial charge in [0.05, 0.1) is 6.04 Å². The lowest BCUT2D eigenvalue weighted by atomic mass is 9.99. The average molecular weight is 262 g/mol. The molecule has 2 amide bonds. The Morgan fingerprint density at radius 2 is 2.16 bits per heavy atom. The number of morpholine rings is 1. The number of hydrogen-bond donors (Lipinski definition) is 2. The number of amides is 2. The molecule has 1 aliphatic rings. The minimum absolute atomic E-state index is 0.0758. The summed E-state index contributed by atoms with van der Waals surface area (Å²) in [6, 6.07) is 8.95. The Balaban J connectivity index is 2.15. The topological polar surface area (TPSA) is 67.4 Å². The van der Waals surface area contributed by atoms with E-state index in [9.17, 15) is 9.59 Å². The van der Waals surface area contributed by atoms with E-state index >= 15 is 0 Å². The van der Waals surface area contributed by atoms with Crippen molar-refractivity contribution in [2.24, 2.45) is 0 Å². The molecule has 0 aromatic heterocycles. The van der Waals surface area contributed by atoms with Crippen molar-refractivity contribution in [2.75, 3.05) is 13.2 Å². The van der Waals surface area contributed by atoms with Gasteiger partial charge >= 0.3 is 0 Å². The van der Waals surface area contributed by atoms with Crippen molar-refractivity contribution in [3.8, 4) is 0 Å². The largest absolute Gasteiger partial charge is 0.356 e. The van der Waals surface area contributed by atoms with Crippen LogP contribution < -0.4 is 10.6 Å². The third-order valence-electron chi connectivity index (χ3n) is 2.98. The molecule has 1 aromatic rings. The zero-order valence-corrected chi connectivity index (χ0v) is 10.9. The van der Waals surface area contributed by atoms with Crippen LogP contribution in [0, 0.1) is 0 Å². The van der Waals surface area contributed by atoms with Gasteiger partial charge in [-0.3, -0.25) is 9.59 Å². The van der Waals surface area contributed by atoms with Crippen molar-refractivity contribution in [1.82, 2.24) is 10.6 Å². The molecule has 1 aliphatic heterocycles. The minimum atomic E-state index is -0.674. The van der Waals surface area contributed by atoms with Gasteiger partial charge < -0.3 is 15.4 Å². The summed E-state index contributed by atoms with van der Waals surface area (Å²) >= 11 is 0. The van der Waals surface area contributed by atoms with Crippen LogP contribution in [0.4, 0.5) is 0 Å². The van der Waals surface area contributed by atoms with Crippen LogP contribution in [0.2, 0.25) is 0 Å². The average Bonchev–Trinajstić information content (AvgIpc) is 2.45. The molecule has 0 unspecified atom stereocenters. The zero-order chi connectivity index (χ0) is 13.7. The van der Waals surface area contributed by atoms with E-state index in [1.54, 1.807) is 0 Å². The summed E-state index contributed by atoms with van der Waals surface area (Å²) in [5.74, 6) is -0.385. The number of rotatable bonds is 4. The fraction of sp³-hybridized carbons (Fsp3) is 0.429. The van der Waals surface area contributed by atoms with Crippen molar-refractivity contribution >= 4 is 11.8 Å². The number of benzene rings is 1. The fourth-order valence-corrected chi connectivity index (χ4v) is 2.05. The normalized spacial score (nSPS) is 22.7. The van der Waals surface area contributed by atoms with Gasteiger partial charge in [0.1, 0.15) is 6.61 Å². The molecule has 1 fully saturated rings. The lowest BCUT2D eigenvalue weighted by Crippen LogP contribution is -2.52. The Labute approximate surface area is 112 Å². The Morgan fingerprint density at radius 3 is 2.84 bits per heavy atom. The smallest absolute Gasteiger partial charge is 0.251 e. The summed E-state index contributed by atoms with van der Waals surface area (Å²) in [5, 5.41) is 5.62. The van der Waals surface area contributed by atoms with Crippen LogP contribution in [0.5, 0.6) is 0 Å². The molecule has 0 bridgehead atoms. The second-order valence-corrected chi connectivity index (χ2v) is 4.48. The fourth-order valence-electron chi connectivity index (χ4n) is 2.05. The van der Waals surface area contributed by atoms with Gasteiger partial charge in [0, 0.05) is 6.54 Å². The van der Waals surface area contributed by atoms with E-state index in [1.807, 2.05) is 37.3 Å². The first-order valence-corrected chi connectivity index (χ1v) is 6.46. The maximum Gasteiger partial charge on any atom is 0.251 e. The lowest BCUT2D eigenvalue weighted by molar-refractivity contribution is -0.148. The summed E-state index contributed by atoms with van der Waals surface area (Å²) < 4.78 is 5.39. The minimum Gasteiger partial charge on any atom is -0.356 e. The highest BCUT2D eigenvalue weighted by atomic mass is 16.5. The van der Waals surface area contributed by atoms with E-state index in [4.69, 9.17) is 4.74 Å². The van der Waals surface area contributed by atoms with Gasteiger partial charge in [-0.05, 0) is 12.0 Å². The first-order valence-electron chi connectivity index (χ1n) is 6.46. The predicted molar refractivity (Wildman–Crippen MR) is 70.4 cm³/mol. The van der Waals surface area contributed by atoms with Gasteiger partial charge in [0.15, 0.2) is 6.10 Å². The molecule has 1 aromatic carbocycles. The summed E-state index contributed by atoms with van der Waals surface area (Å²) in [6.45, 7) is 2.51. The highest BCUT2D eigenvalue weighted by molar-refractivity contribution is 5.86. The van der Waals surface area contributed by atoms with Gasteiger partial charge in [-0.15, -0.1) is 0 Å². The molecule has 2 atom stereocenters. The quantitative estimate of drug-likeness (QED) is 0.842. The molecule has 0 radical (unpaired) electrons. The van der Waals surface area contributed by atoms with Crippen LogP contribution >= 0.6 is 0 Å². The Bertz CT molecular complexity index is 447. The second kappa shape index (κ2) is 6.33. The molecule has 0 saturated carbocycles. The van der Waals surface area contributed by atoms with Gasteiger partial charge in [0.25, 0.3) is 5.91 Å². The Hall–Kier alpha value is -1.88. The standard InChI is InChI=1S/C14H18N2O3/c1-2-8-15-14(18)13-12(16-11(17)9-19-13)10-6-4-3-5-7-10/h3-7,12-13H,2,8-9H2,1H3,(H,15,18)(H,16,17)/t12-,13+/m1/s1. The third-order valence-corrected chi connectivity index (χ3v) is 2.98. The maximum atomic E-state index is 12.1. The first-order chi connectivity index (χ1) is 9.22. The molecule has 1 heterocycles. The van der Waals surface area contributed by atoms with Crippen LogP contribution in [-0.4, -0.2) is 31.1 Å². The van der Waals surface area contributed by atoms with Gasteiger partial charge in [-0.25, -0.2) is 0 Å². The van der Waals surface area contributed by atoms with Gasteiger partial charge in [0.2, 0.25) is 5.91 Å². The maximum absolute atomic E-state index is 12.1. The summed E-state index contributed by atoms with van der Waals surface area (Å²) in [7, 11) is 0.